The minimum atomic E-state index is -0.470. The number of ether oxygens (including phenoxy) is 2. The van der Waals surface area contributed by atoms with E-state index in [1.54, 1.807) is 30.3 Å². The number of carbonyl (C=O) groups excluding carboxylic acids is 1. The van der Waals surface area contributed by atoms with Gasteiger partial charge in [0.25, 0.3) is 5.91 Å². The van der Waals surface area contributed by atoms with Gasteiger partial charge in [-0.25, -0.2) is 0 Å². The fourth-order valence-electron chi connectivity index (χ4n) is 2.78. The summed E-state index contributed by atoms with van der Waals surface area (Å²) in [5, 5.41) is 12.2. The Morgan fingerprint density at radius 3 is 2.44 bits per heavy atom. The van der Waals surface area contributed by atoms with Crippen molar-refractivity contribution in [3.63, 3.8) is 0 Å². The minimum Gasteiger partial charge on any atom is -0.494 e. The first kappa shape index (κ1) is 23.8. The molecule has 0 aliphatic rings. The molecule has 7 heteroatoms. The fourth-order valence-corrected chi connectivity index (χ4v) is 3.74. The molecule has 0 aromatic heterocycles. The summed E-state index contributed by atoms with van der Waals surface area (Å²) in [5.41, 5.74) is 2.40. The third-order valence-electron chi connectivity index (χ3n) is 4.36. The molecule has 0 aliphatic carbocycles. The molecule has 0 spiro atoms. The number of anilines is 1. The first-order valence-electron chi connectivity index (χ1n) is 9.81. The van der Waals surface area contributed by atoms with Gasteiger partial charge in [-0.1, -0.05) is 34.1 Å². The minimum absolute atomic E-state index is 0.0122. The number of hydrogen-bond acceptors (Lipinski definition) is 4. The molecular formula is C25H20BrIN2O3. The molecule has 0 saturated carbocycles. The molecule has 3 aromatic carbocycles. The van der Waals surface area contributed by atoms with Gasteiger partial charge in [0.15, 0.2) is 0 Å². The second-order valence-electron chi connectivity index (χ2n) is 6.69. The molecule has 0 bridgehead atoms. The molecule has 0 aliphatic heterocycles. The van der Waals surface area contributed by atoms with Crippen molar-refractivity contribution in [3.8, 4) is 17.6 Å². The number of benzene rings is 3. The van der Waals surface area contributed by atoms with Gasteiger partial charge >= 0.3 is 0 Å². The average molecular weight is 603 g/mol. The predicted molar refractivity (Wildman–Crippen MR) is 137 cm³/mol. The van der Waals surface area contributed by atoms with E-state index in [0.29, 0.717) is 18.9 Å². The summed E-state index contributed by atoms with van der Waals surface area (Å²) in [7, 11) is 0. The van der Waals surface area contributed by atoms with Crippen LogP contribution in [-0.4, -0.2) is 12.5 Å². The molecule has 1 amide bonds. The zero-order chi connectivity index (χ0) is 22.9. The lowest BCUT2D eigenvalue weighted by atomic mass is 10.1. The first-order valence-corrected chi connectivity index (χ1v) is 11.7. The number of rotatable bonds is 8. The zero-order valence-corrected chi connectivity index (χ0v) is 21.0. The van der Waals surface area contributed by atoms with Gasteiger partial charge in [0, 0.05) is 10.2 Å². The lowest BCUT2D eigenvalue weighted by Gasteiger charge is -2.10. The van der Waals surface area contributed by atoms with Crippen molar-refractivity contribution in [1.29, 1.82) is 5.26 Å². The number of halogens is 2. The van der Waals surface area contributed by atoms with Crippen molar-refractivity contribution in [3.05, 3.63) is 91.5 Å². The predicted octanol–water partition coefficient (Wildman–Crippen LogP) is 6.58. The Bertz CT molecular complexity index is 1150. The molecule has 0 atom stereocenters. The van der Waals surface area contributed by atoms with E-state index in [9.17, 15) is 10.1 Å². The lowest BCUT2D eigenvalue weighted by molar-refractivity contribution is -0.112. The Morgan fingerprint density at radius 1 is 1.09 bits per heavy atom. The van der Waals surface area contributed by atoms with Crippen molar-refractivity contribution >= 4 is 56.2 Å². The van der Waals surface area contributed by atoms with Gasteiger partial charge in [-0.05, 0) is 95.2 Å². The molecular weight excluding hydrogens is 583 g/mol. The normalized spacial score (nSPS) is 10.9. The number of amides is 1. The molecule has 3 aromatic rings. The third kappa shape index (κ3) is 6.84. The van der Waals surface area contributed by atoms with Gasteiger partial charge in [-0.3, -0.25) is 4.79 Å². The van der Waals surface area contributed by atoms with Gasteiger partial charge in [0.1, 0.15) is 29.7 Å². The molecule has 162 valence electrons. The van der Waals surface area contributed by atoms with Crippen molar-refractivity contribution in [2.45, 2.75) is 13.5 Å². The Kier molecular flexibility index (Phi) is 8.71. The van der Waals surface area contributed by atoms with E-state index in [2.05, 4.69) is 43.8 Å². The van der Waals surface area contributed by atoms with Crippen LogP contribution in [0.25, 0.3) is 6.08 Å². The first-order chi connectivity index (χ1) is 15.5. The van der Waals surface area contributed by atoms with Crippen molar-refractivity contribution < 1.29 is 14.3 Å². The lowest BCUT2D eigenvalue weighted by Crippen LogP contribution is -2.13. The standard InChI is InChI=1S/C25H20BrIN2O3/c1-2-31-22-10-8-21(9-11-22)29-25(30)19(15-28)13-18-5-12-24(23(27)14-18)32-16-17-3-6-20(26)7-4-17/h3-14H,2,16H2,1H3,(H,29,30)/b19-13-. The van der Waals surface area contributed by atoms with E-state index in [-0.39, 0.29) is 5.57 Å². The van der Waals surface area contributed by atoms with Crippen LogP contribution < -0.4 is 14.8 Å². The van der Waals surface area contributed by atoms with Gasteiger partial charge in [-0.2, -0.15) is 5.26 Å². The zero-order valence-electron chi connectivity index (χ0n) is 17.3. The van der Waals surface area contributed by atoms with Crippen LogP contribution in [-0.2, 0) is 11.4 Å². The van der Waals surface area contributed by atoms with E-state index in [1.165, 1.54) is 0 Å². The summed E-state index contributed by atoms with van der Waals surface area (Å²) in [4.78, 5) is 12.5. The van der Waals surface area contributed by atoms with Crippen LogP contribution in [0, 0.1) is 14.9 Å². The van der Waals surface area contributed by atoms with E-state index < -0.39 is 5.91 Å². The second-order valence-corrected chi connectivity index (χ2v) is 8.76. The van der Waals surface area contributed by atoms with Gasteiger partial charge in [0.2, 0.25) is 0 Å². The van der Waals surface area contributed by atoms with E-state index in [1.807, 2.05) is 55.5 Å². The molecule has 0 fully saturated rings. The molecule has 1 N–H and O–H groups in total. The highest BCUT2D eigenvalue weighted by molar-refractivity contribution is 14.1. The van der Waals surface area contributed by atoms with Crippen molar-refractivity contribution in [2.24, 2.45) is 0 Å². The molecule has 0 saturated heterocycles. The summed E-state index contributed by atoms with van der Waals surface area (Å²) >= 11 is 5.60. The van der Waals surface area contributed by atoms with Gasteiger partial charge in [-0.15, -0.1) is 0 Å². The number of hydrogen-bond donors (Lipinski definition) is 1. The monoisotopic (exact) mass is 602 g/mol. The van der Waals surface area contributed by atoms with Gasteiger partial charge in [0.05, 0.1) is 10.2 Å². The van der Waals surface area contributed by atoms with Crippen LogP contribution in [0.1, 0.15) is 18.1 Å². The molecule has 32 heavy (non-hydrogen) atoms. The number of nitrogens with one attached hydrogen (secondary N) is 1. The maximum Gasteiger partial charge on any atom is 0.266 e. The number of nitriles is 1. The smallest absolute Gasteiger partial charge is 0.266 e. The maximum atomic E-state index is 12.5. The fraction of sp³-hybridized carbons (Fsp3) is 0.120. The molecule has 0 unspecified atom stereocenters. The van der Waals surface area contributed by atoms with Crippen LogP contribution in [0.5, 0.6) is 11.5 Å². The van der Waals surface area contributed by atoms with Crippen LogP contribution in [0.15, 0.2) is 76.8 Å². The molecule has 5 nitrogen and oxygen atoms in total. The van der Waals surface area contributed by atoms with E-state index in [0.717, 1.165) is 30.7 Å². The maximum absolute atomic E-state index is 12.5. The summed E-state index contributed by atoms with van der Waals surface area (Å²) < 4.78 is 13.2. The highest BCUT2D eigenvalue weighted by Gasteiger charge is 2.11. The summed E-state index contributed by atoms with van der Waals surface area (Å²) in [6.07, 6.45) is 1.56. The highest BCUT2D eigenvalue weighted by Crippen LogP contribution is 2.25. The van der Waals surface area contributed by atoms with Crippen molar-refractivity contribution in [1.82, 2.24) is 0 Å². The van der Waals surface area contributed by atoms with Crippen LogP contribution in [0.2, 0.25) is 0 Å². The number of nitrogens with zero attached hydrogens (tertiary/aromatic N) is 1. The Hall–Kier alpha value is -2.83. The summed E-state index contributed by atoms with van der Waals surface area (Å²) in [6.45, 7) is 2.92. The molecule has 0 heterocycles. The van der Waals surface area contributed by atoms with Gasteiger partial charge < -0.3 is 14.8 Å². The largest absolute Gasteiger partial charge is 0.494 e. The average Bonchev–Trinajstić information content (AvgIpc) is 2.79. The summed E-state index contributed by atoms with van der Waals surface area (Å²) in [5.74, 6) is 0.990. The molecule has 3 rings (SSSR count). The number of carbonyl (C=O) groups is 1. The Morgan fingerprint density at radius 2 is 1.81 bits per heavy atom. The quantitative estimate of drug-likeness (QED) is 0.180. The van der Waals surface area contributed by atoms with E-state index in [4.69, 9.17) is 9.47 Å². The SMILES string of the molecule is CCOc1ccc(NC(=O)/C(C#N)=C\c2ccc(OCc3ccc(Br)cc3)c(I)c2)cc1. The van der Waals surface area contributed by atoms with Crippen LogP contribution >= 0.6 is 38.5 Å². The van der Waals surface area contributed by atoms with Crippen LogP contribution in [0.4, 0.5) is 5.69 Å². The van der Waals surface area contributed by atoms with Crippen LogP contribution in [0.3, 0.4) is 0 Å². The third-order valence-corrected chi connectivity index (χ3v) is 5.73. The Labute approximate surface area is 209 Å². The summed E-state index contributed by atoms with van der Waals surface area (Å²) in [6, 6.07) is 22.4. The topological polar surface area (TPSA) is 71.3 Å². The molecule has 0 radical (unpaired) electrons. The second kappa shape index (κ2) is 11.7. The van der Waals surface area contributed by atoms with Crippen molar-refractivity contribution in [2.75, 3.05) is 11.9 Å². The highest BCUT2D eigenvalue weighted by atomic mass is 127. The Balaban J connectivity index is 1.66. The van der Waals surface area contributed by atoms with E-state index >= 15 is 0 Å².